The molecule has 0 saturated heterocycles. The van der Waals surface area contributed by atoms with Gasteiger partial charge in [0.05, 0.1) is 5.69 Å². The minimum atomic E-state index is -0.211. The van der Waals surface area contributed by atoms with Crippen LogP contribution in [0, 0.1) is 11.6 Å². The highest BCUT2D eigenvalue weighted by molar-refractivity contribution is 5.49. The lowest BCUT2D eigenvalue weighted by Gasteiger charge is -2.22. The molecule has 0 aliphatic rings. The molecule has 1 N–H and O–H groups in total. The third kappa shape index (κ3) is 5.03. The van der Waals surface area contributed by atoms with Crippen LogP contribution in [0.3, 0.4) is 0 Å². The second-order valence-corrected chi connectivity index (χ2v) is 5.51. The highest BCUT2D eigenvalue weighted by Crippen LogP contribution is 2.20. The Kier molecular flexibility index (Phi) is 6.53. The van der Waals surface area contributed by atoms with Crippen LogP contribution in [-0.4, -0.2) is 19.6 Å². The molecule has 0 saturated carbocycles. The van der Waals surface area contributed by atoms with Crippen LogP contribution in [0.5, 0.6) is 0 Å². The van der Waals surface area contributed by atoms with Gasteiger partial charge in [0.25, 0.3) is 0 Å². The highest BCUT2D eigenvalue weighted by atomic mass is 19.1. The zero-order valence-electron chi connectivity index (χ0n) is 13.8. The number of nitrogens with zero attached hydrogens (tertiary/aromatic N) is 1. The van der Waals surface area contributed by atoms with Gasteiger partial charge in [0.2, 0.25) is 0 Å². The summed E-state index contributed by atoms with van der Waals surface area (Å²) in [4.78, 5) is 2.01. The quantitative estimate of drug-likeness (QED) is 0.736. The minimum Gasteiger partial charge on any atom is -0.370 e. The molecule has 0 aliphatic carbocycles. The molecule has 0 spiro atoms. The molecule has 0 fully saturated rings. The van der Waals surface area contributed by atoms with Crippen molar-refractivity contribution in [1.82, 2.24) is 5.32 Å². The molecule has 2 nitrogen and oxygen atoms in total. The lowest BCUT2D eigenvalue weighted by molar-refractivity contribution is 0.616. The van der Waals surface area contributed by atoms with Crippen molar-refractivity contribution in [3.05, 3.63) is 65.2 Å². The number of hydrogen-bond donors (Lipinski definition) is 1. The Bertz CT molecular complexity index is 607. The Balaban J connectivity index is 1.88. The molecule has 0 unspecified atom stereocenters. The van der Waals surface area contributed by atoms with Crippen molar-refractivity contribution in [1.29, 1.82) is 0 Å². The molecule has 0 atom stereocenters. The summed E-state index contributed by atoms with van der Waals surface area (Å²) in [5, 5.41) is 3.35. The van der Waals surface area contributed by atoms with Gasteiger partial charge in [0.1, 0.15) is 11.6 Å². The van der Waals surface area contributed by atoms with E-state index in [1.807, 2.05) is 30.9 Å². The Morgan fingerprint density at radius 1 is 0.913 bits per heavy atom. The maximum absolute atomic E-state index is 13.9. The average molecular weight is 318 g/mol. The van der Waals surface area contributed by atoms with Crippen molar-refractivity contribution in [2.45, 2.75) is 26.8 Å². The molecule has 2 aromatic carbocycles. The Morgan fingerprint density at radius 2 is 1.57 bits per heavy atom. The summed E-state index contributed by atoms with van der Waals surface area (Å²) in [5.41, 5.74) is 2.82. The van der Waals surface area contributed by atoms with Crippen LogP contribution in [0.15, 0.2) is 42.5 Å². The van der Waals surface area contributed by atoms with E-state index in [9.17, 15) is 8.78 Å². The molecule has 0 amide bonds. The summed E-state index contributed by atoms with van der Waals surface area (Å²) in [6.45, 7) is 7.11. The summed E-state index contributed by atoms with van der Waals surface area (Å²) in [6.07, 6.45) is 0.838. The smallest absolute Gasteiger partial charge is 0.146 e. The van der Waals surface area contributed by atoms with E-state index in [0.717, 1.165) is 37.2 Å². The van der Waals surface area contributed by atoms with Gasteiger partial charge in [-0.1, -0.05) is 18.2 Å². The zero-order chi connectivity index (χ0) is 16.7. The number of rotatable bonds is 8. The highest BCUT2D eigenvalue weighted by Gasteiger charge is 2.09. The molecule has 0 bridgehead atoms. The molecule has 0 radical (unpaired) electrons. The summed E-state index contributed by atoms with van der Waals surface area (Å²) in [7, 11) is 0. The van der Waals surface area contributed by atoms with Crippen LogP contribution in [0.1, 0.15) is 25.0 Å². The van der Waals surface area contributed by atoms with Crippen molar-refractivity contribution in [3.63, 3.8) is 0 Å². The summed E-state index contributed by atoms with van der Waals surface area (Å²) < 4.78 is 26.8. The lowest BCUT2D eigenvalue weighted by Crippen LogP contribution is -2.23. The number of hydrogen-bond acceptors (Lipinski definition) is 2. The molecule has 0 heterocycles. The van der Waals surface area contributed by atoms with Crippen LogP contribution in [0.4, 0.5) is 14.5 Å². The van der Waals surface area contributed by atoms with Crippen molar-refractivity contribution in [2.75, 3.05) is 24.5 Å². The van der Waals surface area contributed by atoms with Gasteiger partial charge in [-0.3, -0.25) is 0 Å². The van der Waals surface area contributed by atoms with Gasteiger partial charge in [0.15, 0.2) is 0 Å². The number of nitrogens with one attached hydrogen (secondary N) is 1. The first-order valence-corrected chi connectivity index (χ1v) is 8.12. The molecule has 0 aliphatic heterocycles. The average Bonchev–Trinajstić information content (AvgIpc) is 2.57. The fourth-order valence-corrected chi connectivity index (χ4v) is 2.59. The van der Waals surface area contributed by atoms with Crippen LogP contribution < -0.4 is 10.2 Å². The van der Waals surface area contributed by atoms with E-state index in [2.05, 4.69) is 5.32 Å². The maximum Gasteiger partial charge on any atom is 0.146 e. The topological polar surface area (TPSA) is 15.3 Å². The fourth-order valence-electron chi connectivity index (χ4n) is 2.59. The summed E-state index contributed by atoms with van der Waals surface area (Å²) in [6, 6.07) is 11.8. The van der Waals surface area contributed by atoms with Gasteiger partial charge in [-0.15, -0.1) is 0 Å². The molecule has 124 valence electrons. The Morgan fingerprint density at radius 3 is 2.22 bits per heavy atom. The van der Waals surface area contributed by atoms with Crippen molar-refractivity contribution < 1.29 is 8.78 Å². The molecule has 4 heteroatoms. The van der Waals surface area contributed by atoms with E-state index in [-0.39, 0.29) is 11.6 Å². The van der Waals surface area contributed by atoms with Crippen molar-refractivity contribution in [3.8, 4) is 0 Å². The largest absolute Gasteiger partial charge is 0.370 e. The number of anilines is 1. The van der Waals surface area contributed by atoms with E-state index in [4.69, 9.17) is 0 Å². The summed E-state index contributed by atoms with van der Waals surface area (Å²) >= 11 is 0. The molecule has 23 heavy (non-hydrogen) atoms. The lowest BCUT2D eigenvalue weighted by atomic mass is 10.1. The normalized spacial score (nSPS) is 10.8. The third-order valence-corrected chi connectivity index (χ3v) is 3.95. The Labute approximate surface area is 137 Å². The number of halogens is 2. The van der Waals surface area contributed by atoms with Gasteiger partial charge in [-0.25, -0.2) is 8.78 Å². The van der Waals surface area contributed by atoms with Gasteiger partial charge < -0.3 is 10.2 Å². The van der Waals surface area contributed by atoms with Gasteiger partial charge in [-0.2, -0.15) is 0 Å². The van der Waals surface area contributed by atoms with Gasteiger partial charge >= 0.3 is 0 Å². The van der Waals surface area contributed by atoms with Gasteiger partial charge in [-0.05, 0) is 62.2 Å². The molecular formula is C19H24F2N2. The number of benzene rings is 2. The van der Waals surface area contributed by atoms with E-state index in [1.165, 1.54) is 18.2 Å². The van der Waals surface area contributed by atoms with Crippen molar-refractivity contribution >= 4 is 5.69 Å². The van der Waals surface area contributed by atoms with Gasteiger partial charge in [0, 0.05) is 19.6 Å². The van der Waals surface area contributed by atoms with E-state index < -0.39 is 0 Å². The standard InChI is InChI=1S/C19H24F2N2/c1-3-23(4-2)19-13-16(7-10-18(19)21)14-22-12-11-15-5-8-17(20)9-6-15/h5-10,13,22H,3-4,11-12,14H2,1-2H3. The monoisotopic (exact) mass is 318 g/mol. The molecule has 2 aromatic rings. The fraction of sp³-hybridized carbons (Fsp3) is 0.368. The second kappa shape index (κ2) is 8.63. The van der Waals surface area contributed by atoms with E-state index in [0.29, 0.717) is 12.2 Å². The van der Waals surface area contributed by atoms with E-state index >= 15 is 0 Å². The Hall–Kier alpha value is -1.94. The zero-order valence-corrected chi connectivity index (χ0v) is 13.8. The first-order chi connectivity index (χ1) is 11.1. The van der Waals surface area contributed by atoms with Crippen molar-refractivity contribution in [2.24, 2.45) is 0 Å². The predicted molar refractivity (Wildman–Crippen MR) is 91.8 cm³/mol. The molecule has 2 rings (SSSR count). The maximum atomic E-state index is 13.9. The third-order valence-electron chi connectivity index (χ3n) is 3.95. The van der Waals surface area contributed by atoms with Crippen LogP contribution >= 0.6 is 0 Å². The van der Waals surface area contributed by atoms with E-state index in [1.54, 1.807) is 12.1 Å². The molecule has 0 aromatic heterocycles. The molecular weight excluding hydrogens is 294 g/mol. The SMILES string of the molecule is CCN(CC)c1cc(CNCCc2ccc(F)cc2)ccc1F. The van der Waals surface area contributed by atoms with Crippen LogP contribution in [0.2, 0.25) is 0 Å². The minimum absolute atomic E-state index is 0.177. The first-order valence-electron chi connectivity index (χ1n) is 8.12. The first kappa shape index (κ1) is 17.4. The predicted octanol–water partition coefficient (Wildman–Crippen LogP) is 4.14. The van der Waals surface area contributed by atoms with Crippen LogP contribution in [-0.2, 0) is 13.0 Å². The second-order valence-electron chi connectivity index (χ2n) is 5.51. The van der Waals surface area contributed by atoms with Crippen LogP contribution in [0.25, 0.3) is 0 Å². The summed E-state index contributed by atoms with van der Waals surface area (Å²) in [5.74, 6) is -0.388.